The minimum Gasteiger partial charge on any atom is -0.371 e. The lowest BCUT2D eigenvalue weighted by molar-refractivity contribution is 0.428. The van der Waals surface area contributed by atoms with Gasteiger partial charge in [0.2, 0.25) is 20.0 Å². The monoisotopic (exact) mass is 763 g/mol. The lowest BCUT2D eigenvalue weighted by Gasteiger charge is -2.29. The Morgan fingerprint density at radius 2 is 1.26 bits per heavy atom. The van der Waals surface area contributed by atoms with Crippen LogP contribution in [0.25, 0.3) is 33.1 Å². The molecule has 2 N–H and O–H groups in total. The van der Waals surface area contributed by atoms with Crippen LogP contribution in [0, 0.1) is 19.7 Å². The van der Waals surface area contributed by atoms with Crippen molar-refractivity contribution in [1.29, 1.82) is 0 Å². The maximum absolute atomic E-state index is 13.9. The molecule has 4 aromatic heterocycles. The minimum atomic E-state index is -3.51. The topological polar surface area (TPSA) is 156 Å². The Morgan fingerprint density at radius 1 is 0.717 bits per heavy atom. The number of sulfonamides is 2. The molecule has 1 saturated heterocycles. The standard InChI is InChI=1S/C19H25N5O2S.C18H21FN4O2S/c1-4-17-20-13(2)18-19(22-27(3,25)26)21-15-9-8-14(12-16(15)24(17)18)23-10-6-5-7-11-23;1-11-16-17(22-26(2,24)25)21-14-9-8-13(19)10-15(14)23(16)18(20-11)12-6-4-3-5-7-12/h8-9,12H,4-7,10-11H2,1-3H3,(H,21,22);8-10,12H,3-7H2,1-2H3,(H,21,22). The van der Waals surface area contributed by atoms with Crippen LogP contribution in [0.3, 0.4) is 0 Å². The van der Waals surface area contributed by atoms with Crippen LogP contribution in [-0.2, 0) is 26.5 Å². The first-order valence-electron chi connectivity index (χ1n) is 18.2. The smallest absolute Gasteiger partial charge is 0.231 e. The Hall–Kier alpha value is -4.57. The van der Waals surface area contributed by atoms with E-state index in [1.165, 1.54) is 43.5 Å². The fourth-order valence-electron chi connectivity index (χ4n) is 7.81. The molecular formula is C37H46FN9O4S2. The largest absolute Gasteiger partial charge is 0.371 e. The number of hydrogen-bond donors (Lipinski definition) is 2. The van der Waals surface area contributed by atoms with Crippen molar-refractivity contribution in [2.45, 2.75) is 84.5 Å². The Bertz CT molecular complexity index is 2570. The number of piperidine rings is 1. The fourth-order valence-corrected chi connectivity index (χ4v) is 8.80. The van der Waals surface area contributed by atoms with Gasteiger partial charge in [0, 0.05) is 37.2 Å². The highest BCUT2D eigenvalue weighted by Crippen LogP contribution is 2.36. The summed E-state index contributed by atoms with van der Waals surface area (Å²) in [6, 6.07) is 10.5. The minimum absolute atomic E-state index is 0.235. The van der Waals surface area contributed by atoms with Crippen molar-refractivity contribution in [2.75, 3.05) is 39.9 Å². The van der Waals surface area contributed by atoms with Crippen LogP contribution in [0.4, 0.5) is 21.7 Å². The molecule has 0 radical (unpaired) electrons. The molecule has 13 nitrogen and oxygen atoms in total. The predicted molar refractivity (Wildman–Crippen MR) is 209 cm³/mol. The van der Waals surface area contributed by atoms with Crippen LogP contribution in [0.15, 0.2) is 36.4 Å². The third kappa shape index (κ3) is 7.61. The molecule has 1 saturated carbocycles. The molecule has 2 aromatic carbocycles. The molecule has 6 aromatic rings. The zero-order valence-electron chi connectivity index (χ0n) is 30.8. The summed E-state index contributed by atoms with van der Waals surface area (Å²) >= 11 is 0. The molecule has 0 spiro atoms. The van der Waals surface area contributed by atoms with E-state index < -0.39 is 20.0 Å². The second kappa shape index (κ2) is 14.3. The third-order valence-electron chi connectivity index (χ3n) is 10.1. The highest BCUT2D eigenvalue weighted by molar-refractivity contribution is 7.92. The zero-order chi connectivity index (χ0) is 37.7. The molecule has 16 heteroatoms. The van der Waals surface area contributed by atoms with E-state index in [0.717, 1.165) is 91.6 Å². The summed E-state index contributed by atoms with van der Waals surface area (Å²) in [5.74, 6) is 2.27. The molecule has 2 fully saturated rings. The highest BCUT2D eigenvalue weighted by atomic mass is 32.2. The number of rotatable bonds is 7. The number of hydrogen-bond acceptors (Lipinski definition) is 9. The molecule has 0 unspecified atom stereocenters. The first-order valence-corrected chi connectivity index (χ1v) is 22.0. The van der Waals surface area contributed by atoms with Crippen molar-refractivity contribution < 1.29 is 21.2 Å². The van der Waals surface area contributed by atoms with Crippen molar-refractivity contribution in [3.63, 3.8) is 0 Å². The lowest BCUT2D eigenvalue weighted by atomic mass is 9.89. The van der Waals surface area contributed by atoms with Gasteiger partial charge in [-0.3, -0.25) is 18.2 Å². The summed E-state index contributed by atoms with van der Waals surface area (Å²) in [5.41, 5.74) is 6.81. The highest BCUT2D eigenvalue weighted by Gasteiger charge is 2.26. The van der Waals surface area contributed by atoms with E-state index in [0.29, 0.717) is 28.1 Å². The molecule has 0 amide bonds. The van der Waals surface area contributed by atoms with Crippen molar-refractivity contribution in [3.8, 4) is 0 Å². The van der Waals surface area contributed by atoms with E-state index in [-0.39, 0.29) is 17.6 Å². The van der Waals surface area contributed by atoms with Crippen molar-refractivity contribution in [3.05, 3.63) is 65.3 Å². The number of imidazole rings is 2. The van der Waals surface area contributed by atoms with Crippen LogP contribution in [-0.4, -0.2) is 71.2 Å². The van der Waals surface area contributed by atoms with Gasteiger partial charge in [-0.25, -0.2) is 41.2 Å². The van der Waals surface area contributed by atoms with Gasteiger partial charge in [-0.1, -0.05) is 26.2 Å². The van der Waals surface area contributed by atoms with Gasteiger partial charge in [0.15, 0.2) is 11.6 Å². The normalized spacial score (nSPS) is 16.0. The average molecular weight is 764 g/mol. The van der Waals surface area contributed by atoms with Crippen LogP contribution >= 0.6 is 0 Å². The first kappa shape index (κ1) is 36.8. The molecule has 8 rings (SSSR count). The van der Waals surface area contributed by atoms with E-state index in [4.69, 9.17) is 4.98 Å². The summed E-state index contributed by atoms with van der Waals surface area (Å²) in [6.07, 6.45) is 12.3. The van der Waals surface area contributed by atoms with Crippen molar-refractivity contribution in [1.82, 2.24) is 28.7 Å². The van der Waals surface area contributed by atoms with E-state index in [2.05, 4.69) is 52.8 Å². The number of benzene rings is 2. The second-order valence-electron chi connectivity index (χ2n) is 14.2. The first-order chi connectivity index (χ1) is 25.2. The zero-order valence-corrected chi connectivity index (χ0v) is 32.4. The summed E-state index contributed by atoms with van der Waals surface area (Å²) in [6.45, 7) is 7.92. The number of nitrogens with zero attached hydrogens (tertiary/aromatic N) is 7. The summed E-state index contributed by atoms with van der Waals surface area (Å²) in [5, 5.41) is 0. The van der Waals surface area contributed by atoms with Crippen LogP contribution in [0.2, 0.25) is 0 Å². The van der Waals surface area contributed by atoms with Gasteiger partial charge in [-0.2, -0.15) is 0 Å². The number of anilines is 3. The van der Waals surface area contributed by atoms with Crippen molar-refractivity contribution >= 4 is 70.5 Å². The molecular weight excluding hydrogens is 718 g/mol. The number of nitrogens with one attached hydrogen (secondary N) is 2. The van der Waals surface area contributed by atoms with Gasteiger partial charge in [-0.15, -0.1) is 0 Å². The van der Waals surface area contributed by atoms with Gasteiger partial charge in [-0.05, 0) is 76.3 Å². The predicted octanol–water partition coefficient (Wildman–Crippen LogP) is 6.86. The lowest BCUT2D eigenvalue weighted by Crippen LogP contribution is -2.29. The van der Waals surface area contributed by atoms with Crippen LogP contribution < -0.4 is 14.3 Å². The molecule has 0 atom stereocenters. The van der Waals surface area contributed by atoms with Gasteiger partial charge >= 0.3 is 0 Å². The summed E-state index contributed by atoms with van der Waals surface area (Å²) < 4.78 is 70.3. The Morgan fingerprint density at radius 3 is 1.87 bits per heavy atom. The van der Waals surface area contributed by atoms with Gasteiger partial charge in [0.25, 0.3) is 0 Å². The summed E-state index contributed by atoms with van der Waals surface area (Å²) in [4.78, 5) is 20.9. The summed E-state index contributed by atoms with van der Waals surface area (Å²) in [7, 11) is -6.94. The fraction of sp³-hybridized carbons (Fsp3) is 0.459. The third-order valence-corrected chi connectivity index (χ3v) is 11.2. The number of halogens is 1. The second-order valence-corrected chi connectivity index (χ2v) is 17.7. The molecule has 282 valence electrons. The van der Waals surface area contributed by atoms with Crippen LogP contribution in [0.5, 0.6) is 0 Å². The van der Waals surface area contributed by atoms with E-state index in [1.54, 1.807) is 6.07 Å². The molecule has 2 aliphatic rings. The Balaban J connectivity index is 0.000000164. The van der Waals surface area contributed by atoms with E-state index in [1.807, 2.05) is 24.3 Å². The van der Waals surface area contributed by atoms with Gasteiger partial charge in [0.1, 0.15) is 28.5 Å². The maximum atomic E-state index is 13.9. The molecule has 1 aliphatic carbocycles. The van der Waals surface area contributed by atoms with Crippen LogP contribution in [0.1, 0.15) is 87.2 Å². The number of fused-ring (bicyclic) bond motifs is 6. The number of aromatic nitrogens is 6. The van der Waals surface area contributed by atoms with Gasteiger partial charge < -0.3 is 4.90 Å². The molecule has 1 aliphatic heterocycles. The van der Waals surface area contributed by atoms with E-state index >= 15 is 0 Å². The quantitative estimate of drug-likeness (QED) is 0.177. The Labute approximate surface area is 309 Å². The molecule has 0 bridgehead atoms. The molecule has 5 heterocycles. The van der Waals surface area contributed by atoms with Crippen molar-refractivity contribution in [2.24, 2.45) is 0 Å². The SMILES string of the molecule is CCc1nc(C)c2c(NS(C)(=O)=O)nc3ccc(N4CCCCC4)cc3n12.Cc1nc(C2CCCCC2)n2c1c(NS(C)(=O)=O)nc1ccc(F)cc12. The number of aryl methyl sites for hydroxylation is 3. The molecule has 53 heavy (non-hydrogen) atoms. The van der Waals surface area contributed by atoms with Gasteiger partial charge in [0.05, 0.1) is 46.0 Å². The maximum Gasteiger partial charge on any atom is 0.231 e. The Kier molecular flexibility index (Phi) is 9.95. The van der Waals surface area contributed by atoms with E-state index in [9.17, 15) is 21.2 Å². The average Bonchev–Trinajstić information content (AvgIpc) is 3.65.